The Balaban J connectivity index is 1.28. The molecule has 0 bridgehead atoms. The predicted molar refractivity (Wildman–Crippen MR) is 122 cm³/mol. The minimum Gasteiger partial charge on any atom is -0.342 e. The van der Waals surface area contributed by atoms with Crippen LogP contribution in [-0.2, 0) is 12.8 Å². The number of imidazole rings is 1. The number of nitrogens with one attached hydrogen (secondary N) is 1. The average molecular weight is 407 g/mol. The van der Waals surface area contributed by atoms with Crippen LogP contribution in [0.4, 0.5) is 4.39 Å². The van der Waals surface area contributed by atoms with Gasteiger partial charge in [-0.2, -0.15) is 0 Å². The van der Waals surface area contributed by atoms with Crippen LogP contribution in [0.1, 0.15) is 56.0 Å². The normalized spacial score (nSPS) is 17.2. The summed E-state index contributed by atoms with van der Waals surface area (Å²) in [7, 11) is 2.22. The number of hydrogen-bond acceptors (Lipinski definition) is 2. The fraction of sp³-hybridized carbons (Fsp3) is 0.462. The average Bonchev–Trinajstić information content (AvgIpc) is 3.14. The van der Waals surface area contributed by atoms with Crippen LogP contribution in [0, 0.1) is 17.7 Å². The van der Waals surface area contributed by atoms with Crippen LogP contribution in [0.2, 0.25) is 0 Å². The third-order valence-electron chi connectivity index (χ3n) is 6.47. The fourth-order valence-electron chi connectivity index (χ4n) is 4.96. The monoisotopic (exact) mass is 406 g/mol. The second-order valence-corrected chi connectivity index (χ2v) is 9.08. The van der Waals surface area contributed by atoms with E-state index in [1.54, 1.807) is 18.1 Å². The Kier molecular flexibility index (Phi) is 6.52. The number of halogens is 1. The van der Waals surface area contributed by atoms with Crippen molar-refractivity contribution in [2.45, 2.75) is 51.9 Å². The van der Waals surface area contributed by atoms with E-state index in [0.29, 0.717) is 11.8 Å². The quantitative estimate of drug-likeness (QED) is 0.504. The van der Waals surface area contributed by atoms with Gasteiger partial charge in [-0.1, -0.05) is 32.0 Å². The summed E-state index contributed by atoms with van der Waals surface area (Å²) in [5.74, 6) is 3.60. The number of para-hydroxylation sites is 2. The first-order chi connectivity index (χ1) is 14.5. The second kappa shape index (κ2) is 9.30. The minimum atomic E-state index is -0.108. The molecule has 1 aliphatic carbocycles. The summed E-state index contributed by atoms with van der Waals surface area (Å²) in [6.07, 6.45) is 5.26. The van der Waals surface area contributed by atoms with Gasteiger partial charge in [0.25, 0.3) is 0 Å². The lowest BCUT2D eigenvalue weighted by Crippen LogP contribution is -2.28. The van der Waals surface area contributed by atoms with E-state index >= 15 is 0 Å². The Morgan fingerprint density at radius 2 is 1.93 bits per heavy atom. The molecule has 0 spiro atoms. The van der Waals surface area contributed by atoms with E-state index in [4.69, 9.17) is 0 Å². The Bertz CT molecular complexity index is 944. The van der Waals surface area contributed by atoms with Gasteiger partial charge in [0.2, 0.25) is 0 Å². The van der Waals surface area contributed by atoms with Crippen LogP contribution in [0.5, 0.6) is 0 Å². The maximum Gasteiger partial charge on any atom is 0.123 e. The molecule has 3 nitrogen and oxygen atoms in total. The third kappa shape index (κ3) is 4.75. The van der Waals surface area contributed by atoms with Crippen LogP contribution >= 0.6 is 0 Å². The number of hydrogen-bond donors (Lipinski definition) is 1. The van der Waals surface area contributed by atoms with Crippen LogP contribution in [0.3, 0.4) is 0 Å². The number of fused-ring (bicyclic) bond motifs is 2. The summed E-state index contributed by atoms with van der Waals surface area (Å²) in [4.78, 5) is 10.5. The highest BCUT2D eigenvalue weighted by Crippen LogP contribution is 2.44. The molecular weight excluding hydrogens is 373 g/mol. The molecule has 3 aromatic rings. The lowest BCUT2D eigenvalue weighted by molar-refractivity contribution is 0.311. The summed E-state index contributed by atoms with van der Waals surface area (Å²) in [6, 6.07) is 13.6. The first-order valence-corrected chi connectivity index (χ1v) is 11.3. The topological polar surface area (TPSA) is 31.9 Å². The Morgan fingerprint density at radius 1 is 1.10 bits per heavy atom. The molecule has 0 amide bonds. The Labute approximate surface area is 179 Å². The summed E-state index contributed by atoms with van der Waals surface area (Å²) >= 11 is 0. The summed E-state index contributed by atoms with van der Waals surface area (Å²) in [5.41, 5.74) is 4.72. The Morgan fingerprint density at radius 3 is 2.73 bits per heavy atom. The molecule has 1 aromatic heterocycles. The van der Waals surface area contributed by atoms with Gasteiger partial charge in [0, 0.05) is 6.42 Å². The van der Waals surface area contributed by atoms with Gasteiger partial charge < -0.3 is 9.88 Å². The summed E-state index contributed by atoms with van der Waals surface area (Å²) < 4.78 is 13.7. The number of aryl methyl sites for hydroxylation is 2. The molecule has 1 aliphatic rings. The maximum absolute atomic E-state index is 13.7. The summed E-state index contributed by atoms with van der Waals surface area (Å²) in [6.45, 7) is 6.73. The lowest BCUT2D eigenvalue weighted by Gasteiger charge is -2.37. The van der Waals surface area contributed by atoms with Gasteiger partial charge in [-0.3, -0.25) is 0 Å². The fourth-order valence-corrected chi connectivity index (χ4v) is 4.96. The van der Waals surface area contributed by atoms with E-state index < -0.39 is 0 Å². The molecule has 159 valence electrons. The van der Waals surface area contributed by atoms with E-state index in [1.165, 1.54) is 11.1 Å². The molecule has 0 unspecified atom stereocenters. The molecular formula is C26H33FN3. The van der Waals surface area contributed by atoms with Crippen molar-refractivity contribution < 1.29 is 4.39 Å². The first-order valence-electron chi connectivity index (χ1n) is 11.3. The number of aromatic amines is 1. The van der Waals surface area contributed by atoms with Gasteiger partial charge in [-0.05, 0) is 99.0 Å². The van der Waals surface area contributed by atoms with Gasteiger partial charge in [0.05, 0.1) is 11.0 Å². The zero-order chi connectivity index (χ0) is 21.1. The number of benzene rings is 2. The smallest absolute Gasteiger partial charge is 0.123 e. The van der Waals surface area contributed by atoms with Crippen LogP contribution in [0.15, 0.2) is 42.5 Å². The van der Waals surface area contributed by atoms with Gasteiger partial charge in [-0.15, -0.1) is 0 Å². The standard InChI is InChI=1S/C26H33FN3/c1-18(2)26-19(10-11-20-17-21(27)12-13-22(20)26)14-16-30(3)15-6-9-25-28-23-7-4-5-8-24(23)29-25/h4-5,7-8,12-13,17-18,26H,6,9-11,14-16H2,1-3H3,(H,28,29)/t26-/m0/s1. The van der Waals surface area contributed by atoms with Crippen LogP contribution in [-0.4, -0.2) is 35.0 Å². The van der Waals surface area contributed by atoms with Crippen molar-refractivity contribution in [1.82, 2.24) is 14.9 Å². The Hall–Kier alpha value is -2.20. The number of rotatable bonds is 8. The van der Waals surface area contributed by atoms with E-state index in [0.717, 1.165) is 62.1 Å². The first kappa shape index (κ1) is 21.0. The molecule has 1 radical (unpaired) electrons. The molecule has 4 heteroatoms. The zero-order valence-corrected chi connectivity index (χ0v) is 18.4. The highest BCUT2D eigenvalue weighted by Gasteiger charge is 2.32. The lowest BCUT2D eigenvalue weighted by atomic mass is 9.69. The number of H-pyrrole nitrogens is 1. The predicted octanol–water partition coefficient (Wildman–Crippen LogP) is 5.92. The van der Waals surface area contributed by atoms with E-state index in [2.05, 4.69) is 47.9 Å². The summed E-state index contributed by atoms with van der Waals surface area (Å²) in [5, 5.41) is 0. The molecule has 1 N–H and O–H groups in total. The van der Waals surface area contributed by atoms with Crippen molar-refractivity contribution in [3.63, 3.8) is 0 Å². The van der Waals surface area contributed by atoms with Gasteiger partial charge in [-0.25, -0.2) is 9.37 Å². The molecule has 2 aromatic carbocycles. The molecule has 1 heterocycles. The molecule has 4 rings (SSSR count). The number of aromatic nitrogens is 2. The van der Waals surface area contributed by atoms with Crippen molar-refractivity contribution in [3.8, 4) is 0 Å². The molecule has 0 fully saturated rings. The van der Waals surface area contributed by atoms with E-state index in [9.17, 15) is 4.39 Å². The largest absolute Gasteiger partial charge is 0.342 e. The van der Waals surface area contributed by atoms with Gasteiger partial charge in [0.1, 0.15) is 11.6 Å². The zero-order valence-electron chi connectivity index (χ0n) is 18.4. The van der Waals surface area contributed by atoms with Crippen molar-refractivity contribution in [2.75, 3.05) is 20.1 Å². The molecule has 1 atom stereocenters. The van der Waals surface area contributed by atoms with Gasteiger partial charge >= 0.3 is 0 Å². The highest BCUT2D eigenvalue weighted by molar-refractivity contribution is 5.74. The molecule has 0 saturated carbocycles. The van der Waals surface area contributed by atoms with E-state index in [1.807, 2.05) is 18.2 Å². The van der Waals surface area contributed by atoms with Crippen molar-refractivity contribution in [3.05, 3.63) is 71.2 Å². The van der Waals surface area contributed by atoms with Crippen molar-refractivity contribution in [1.29, 1.82) is 0 Å². The SMILES string of the molecule is CC(C)[C@H]1[C](CCN(C)CCCc2nc3ccccc3[nH]2)CCc2cc(F)ccc21. The van der Waals surface area contributed by atoms with E-state index in [-0.39, 0.29) is 5.82 Å². The third-order valence-corrected chi connectivity index (χ3v) is 6.47. The molecule has 30 heavy (non-hydrogen) atoms. The minimum absolute atomic E-state index is 0.108. The van der Waals surface area contributed by atoms with Crippen LogP contribution in [0.25, 0.3) is 11.0 Å². The van der Waals surface area contributed by atoms with Crippen molar-refractivity contribution >= 4 is 11.0 Å². The van der Waals surface area contributed by atoms with Crippen LogP contribution < -0.4 is 0 Å². The molecule has 0 saturated heterocycles. The second-order valence-electron chi connectivity index (χ2n) is 9.08. The molecule has 0 aliphatic heterocycles. The maximum atomic E-state index is 13.7. The number of nitrogens with zero attached hydrogens (tertiary/aromatic N) is 2. The van der Waals surface area contributed by atoms with Gasteiger partial charge in [0.15, 0.2) is 0 Å². The highest BCUT2D eigenvalue weighted by atomic mass is 19.1. The van der Waals surface area contributed by atoms with Crippen molar-refractivity contribution in [2.24, 2.45) is 5.92 Å².